The van der Waals surface area contributed by atoms with Gasteiger partial charge in [-0.25, -0.2) is 0 Å². The highest BCUT2D eigenvalue weighted by atomic mass is 35.5. The van der Waals surface area contributed by atoms with Gasteiger partial charge >= 0.3 is 0 Å². The second kappa shape index (κ2) is 3.96. The van der Waals surface area contributed by atoms with Crippen molar-refractivity contribution < 1.29 is 4.74 Å². The van der Waals surface area contributed by atoms with Crippen LogP contribution < -0.4 is 5.73 Å². The maximum atomic E-state index is 6.02. The summed E-state index contributed by atoms with van der Waals surface area (Å²) in [6.07, 6.45) is 1.10. The van der Waals surface area contributed by atoms with Gasteiger partial charge in [-0.2, -0.15) is 0 Å². The average Bonchev–Trinajstić information content (AvgIpc) is 2.71. The third kappa shape index (κ3) is 1.74. The van der Waals surface area contributed by atoms with E-state index in [0.29, 0.717) is 12.5 Å². The van der Waals surface area contributed by atoms with Crippen molar-refractivity contribution in [1.29, 1.82) is 0 Å². The fourth-order valence-corrected chi connectivity index (χ4v) is 2.92. The molecule has 2 nitrogen and oxygen atoms in total. The summed E-state index contributed by atoms with van der Waals surface area (Å²) in [4.78, 5) is 0. The summed E-state index contributed by atoms with van der Waals surface area (Å²) in [6.45, 7) is 2.22. The summed E-state index contributed by atoms with van der Waals surface area (Å²) in [7, 11) is 0. The molecule has 1 aliphatic heterocycles. The normalized spacial score (nSPS) is 22.5. The first-order valence-electron chi connectivity index (χ1n) is 4.36. The molecule has 0 saturated carbocycles. The van der Waals surface area contributed by atoms with Gasteiger partial charge in [-0.3, -0.25) is 0 Å². The SMILES string of the molecule is NCc1c(C2CCOC2)csc1Cl. The van der Waals surface area contributed by atoms with E-state index in [1.807, 2.05) is 0 Å². The molecule has 2 N–H and O–H groups in total. The zero-order valence-electron chi connectivity index (χ0n) is 7.25. The summed E-state index contributed by atoms with van der Waals surface area (Å²) in [5, 5.41) is 2.11. The molecule has 2 heterocycles. The lowest BCUT2D eigenvalue weighted by Crippen LogP contribution is -2.04. The van der Waals surface area contributed by atoms with Crippen molar-refractivity contribution in [3.8, 4) is 0 Å². The monoisotopic (exact) mass is 217 g/mol. The summed E-state index contributed by atoms with van der Waals surface area (Å²) < 4.78 is 6.18. The minimum atomic E-state index is 0.516. The Morgan fingerprint density at radius 1 is 1.69 bits per heavy atom. The van der Waals surface area contributed by atoms with E-state index in [1.165, 1.54) is 5.56 Å². The molecule has 1 fully saturated rings. The van der Waals surface area contributed by atoms with Crippen LogP contribution in [0, 0.1) is 0 Å². The van der Waals surface area contributed by atoms with Crippen molar-refractivity contribution in [2.24, 2.45) is 5.73 Å². The van der Waals surface area contributed by atoms with E-state index in [9.17, 15) is 0 Å². The van der Waals surface area contributed by atoms with Gasteiger partial charge in [0.05, 0.1) is 10.9 Å². The predicted octanol–water partition coefficient (Wildman–Crippen LogP) is 2.36. The standard InChI is InChI=1S/C9H12ClNOS/c10-9-7(3-11)8(5-13-9)6-1-2-12-4-6/h5-6H,1-4,11H2. The van der Waals surface area contributed by atoms with Crippen LogP contribution in [0.25, 0.3) is 0 Å². The molecule has 4 heteroatoms. The van der Waals surface area contributed by atoms with Crippen LogP contribution in [0.15, 0.2) is 5.38 Å². The van der Waals surface area contributed by atoms with E-state index >= 15 is 0 Å². The minimum absolute atomic E-state index is 0.516. The molecule has 0 bridgehead atoms. The van der Waals surface area contributed by atoms with E-state index in [2.05, 4.69) is 5.38 Å². The van der Waals surface area contributed by atoms with E-state index in [-0.39, 0.29) is 0 Å². The molecule has 0 amide bonds. The minimum Gasteiger partial charge on any atom is -0.381 e. The van der Waals surface area contributed by atoms with Crippen molar-refractivity contribution >= 4 is 22.9 Å². The van der Waals surface area contributed by atoms with E-state index in [0.717, 1.165) is 29.5 Å². The summed E-state index contributed by atoms with van der Waals surface area (Å²) >= 11 is 7.59. The van der Waals surface area contributed by atoms with Gasteiger partial charge in [0, 0.05) is 19.1 Å². The number of thiophene rings is 1. The average molecular weight is 218 g/mol. The number of rotatable bonds is 2. The van der Waals surface area contributed by atoms with Crippen molar-refractivity contribution in [3.63, 3.8) is 0 Å². The lowest BCUT2D eigenvalue weighted by molar-refractivity contribution is 0.194. The Labute approximate surface area is 86.6 Å². The van der Waals surface area contributed by atoms with Crippen LogP contribution in [-0.4, -0.2) is 13.2 Å². The third-order valence-corrected chi connectivity index (χ3v) is 3.77. The number of halogens is 1. The Kier molecular flexibility index (Phi) is 2.89. The van der Waals surface area contributed by atoms with Crippen molar-refractivity contribution in [3.05, 3.63) is 20.8 Å². The quantitative estimate of drug-likeness (QED) is 0.826. The van der Waals surface area contributed by atoms with E-state index in [1.54, 1.807) is 11.3 Å². The van der Waals surface area contributed by atoms with Crippen LogP contribution in [0.1, 0.15) is 23.5 Å². The Balaban J connectivity index is 2.27. The molecular formula is C9H12ClNOS. The summed E-state index contributed by atoms with van der Waals surface area (Å²) in [5.41, 5.74) is 8.06. The fourth-order valence-electron chi connectivity index (χ4n) is 1.69. The van der Waals surface area contributed by atoms with Crippen LogP contribution >= 0.6 is 22.9 Å². The van der Waals surface area contributed by atoms with Gasteiger partial charge in [0.1, 0.15) is 0 Å². The smallest absolute Gasteiger partial charge is 0.0976 e. The molecule has 0 radical (unpaired) electrons. The molecule has 1 aromatic rings. The van der Waals surface area contributed by atoms with Crippen LogP contribution in [0.3, 0.4) is 0 Å². The fraction of sp³-hybridized carbons (Fsp3) is 0.556. The zero-order chi connectivity index (χ0) is 9.26. The first-order chi connectivity index (χ1) is 6.33. The highest BCUT2D eigenvalue weighted by Crippen LogP contribution is 2.35. The van der Waals surface area contributed by atoms with Crippen molar-refractivity contribution in [1.82, 2.24) is 0 Å². The Morgan fingerprint density at radius 2 is 2.54 bits per heavy atom. The topological polar surface area (TPSA) is 35.2 Å². The van der Waals surface area contributed by atoms with Crippen LogP contribution in [0.5, 0.6) is 0 Å². The molecule has 1 aromatic heterocycles. The number of hydrogen-bond acceptors (Lipinski definition) is 3. The van der Waals surface area contributed by atoms with Gasteiger partial charge in [-0.15, -0.1) is 11.3 Å². The van der Waals surface area contributed by atoms with E-state index in [4.69, 9.17) is 22.1 Å². The van der Waals surface area contributed by atoms with Gasteiger partial charge in [0.25, 0.3) is 0 Å². The molecule has 72 valence electrons. The lowest BCUT2D eigenvalue weighted by Gasteiger charge is -2.07. The molecule has 0 spiro atoms. The number of ether oxygens (including phenoxy) is 1. The molecule has 1 unspecified atom stereocenters. The van der Waals surface area contributed by atoms with Crippen LogP contribution in [-0.2, 0) is 11.3 Å². The number of hydrogen-bond donors (Lipinski definition) is 1. The molecule has 1 saturated heterocycles. The molecular weight excluding hydrogens is 206 g/mol. The Morgan fingerprint density at radius 3 is 3.15 bits per heavy atom. The first-order valence-corrected chi connectivity index (χ1v) is 5.62. The Hall–Kier alpha value is -0.0900. The van der Waals surface area contributed by atoms with Gasteiger partial charge < -0.3 is 10.5 Å². The first kappa shape index (κ1) is 9.46. The maximum absolute atomic E-state index is 6.02. The highest BCUT2D eigenvalue weighted by Gasteiger charge is 2.22. The second-order valence-corrected chi connectivity index (χ2v) is 4.69. The maximum Gasteiger partial charge on any atom is 0.0976 e. The third-order valence-electron chi connectivity index (χ3n) is 2.45. The summed E-state index contributed by atoms with van der Waals surface area (Å²) in [6, 6.07) is 0. The van der Waals surface area contributed by atoms with Gasteiger partial charge in [-0.1, -0.05) is 11.6 Å². The Bertz CT molecular complexity index is 294. The van der Waals surface area contributed by atoms with Gasteiger partial charge in [0.2, 0.25) is 0 Å². The lowest BCUT2D eigenvalue weighted by atomic mass is 9.98. The predicted molar refractivity (Wildman–Crippen MR) is 55.4 cm³/mol. The van der Waals surface area contributed by atoms with Gasteiger partial charge in [0.15, 0.2) is 0 Å². The highest BCUT2D eigenvalue weighted by molar-refractivity contribution is 7.14. The largest absolute Gasteiger partial charge is 0.381 e. The molecule has 0 aromatic carbocycles. The zero-order valence-corrected chi connectivity index (χ0v) is 8.83. The molecule has 1 atom stereocenters. The van der Waals surface area contributed by atoms with Gasteiger partial charge in [-0.05, 0) is 22.9 Å². The summed E-state index contributed by atoms with van der Waals surface area (Å²) in [5.74, 6) is 0.516. The molecule has 1 aliphatic rings. The van der Waals surface area contributed by atoms with Crippen molar-refractivity contribution in [2.75, 3.05) is 13.2 Å². The van der Waals surface area contributed by atoms with Crippen LogP contribution in [0.2, 0.25) is 4.34 Å². The number of nitrogens with two attached hydrogens (primary N) is 1. The molecule has 0 aliphatic carbocycles. The molecule has 13 heavy (non-hydrogen) atoms. The van der Waals surface area contributed by atoms with Crippen LogP contribution in [0.4, 0.5) is 0 Å². The van der Waals surface area contributed by atoms with Crippen molar-refractivity contribution in [2.45, 2.75) is 18.9 Å². The second-order valence-electron chi connectivity index (χ2n) is 3.21. The van der Waals surface area contributed by atoms with E-state index < -0.39 is 0 Å². The molecule has 2 rings (SSSR count).